The van der Waals surface area contributed by atoms with Crippen LogP contribution in [-0.4, -0.2) is 52.7 Å². The summed E-state index contributed by atoms with van der Waals surface area (Å²) in [5.74, 6) is -2.66. The second-order valence-electron chi connectivity index (χ2n) is 3.59. The number of carbonyl (C=O) groups is 3. The second-order valence-corrected chi connectivity index (χ2v) is 4.58. The molecule has 0 aliphatic carbocycles. The standard InChI is InChI=1S/C11H15N3O5S/c1-20-3-2-8(11(18)19)14-10(17)7(4-12)5-13-6-9(15)16/h5,8,13H,2-3,6H2,1H3,(H,14,17)(H,15,16)(H,18,19)/b7-5-. The smallest absolute Gasteiger partial charge is 0.326 e. The molecule has 0 rings (SSSR count). The number of hydrogen-bond acceptors (Lipinski definition) is 6. The van der Waals surface area contributed by atoms with Gasteiger partial charge in [-0.1, -0.05) is 0 Å². The van der Waals surface area contributed by atoms with E-state index in [2.05, 4.69) is 10.6 Å². The van der Waals surface area contributed by atoms with Crippen LogP contribution in [0.25, 0.3) is 0 Å². The van der Waals surface area contributed by atoms with E-state index in [0.29, 0.717) is 5.75 Å². The molecule has 0 fully saturated rings. The van der Waals surface area contributed by atoms with Crippen LogP contribution < -0.4 is 10.6 Å². The number of carboxylic acid groups (broad SMARTS) is 2. The molecular formula is C11H15N3O5S. The highest BCUT2D eigenvalue weighted by molar-refractivity contribution is 7.98. The Labute approximate surface area is 119 Å². The average Bonchev–Trinajstić information content (AvgIpc) is 2.38. The fourth-order valence-corrected chi connectivity index (χ4v) is 1.59. The lowest BCUT2D eigenvalue weighted by atomic mass is 10.2. The molecule has 0 radical (unpaired) electrons. The van der Waals surface area contributed by atoms with E-state index in [0.717, 1.165) is 6.20 Å². The third-order valence-electron chi connectivity index (χ3n) is 2.08. The van der Waals surface area contributed by atoms with E-state index in [1.807, 2.05) is 0 Å². The molecule has 0 aliphatic heterocycles. The van der Waals surface area contributed by atoms with E-state index in [9.17, 15) is 14.4 Å². The van der Waals surface area contributed by atoms with Gasteiger partial charge in [0.25, 0.3) is 5.91 Å². The summed E-state index contributed by atoms with van der Waals surface area (Å²) in [6.45, 7) is -0.451. The maximum Gasteiger partial charge on any atom is 0.326 e. The molecule has 1 atom stereocenters. The molecule has 0 saturated carbocycles. The largest absolute Gasteiger partial charge is 0.480 e. The molecule has 20 heavy (non-hydrogen) atoms. The topological polar surface area (TPSA) is 140 Å². The summed E-state index contributed by atoms with van der Waals surface area (Å²) in [6.07, 6.45) is 2.97. The Morgan fingerprint density at radius 3 is 2.50 bits per heavy atom. The molecule has 0 bridgehead atoms. The van der Waals surface area contributed by atoms with E-state index in [-0.39, 0.29) is 12.0 Å². The van der Waals surface area contributed by atoms with Crippen molar-refractivity contribution in [3.05, 3.63) is 11.8 Å². The van der Waals surface area contributed by atoms with Gasteiger partial charge in [-0.05, 0) is 18.4 Å². The highest BCUT2D eigenvalue weighted by atomic mass is 32.2. The van der Waals surface area contributed by atoms with Gasteiger partial charge in [-0.25, -0.2) is 4.79 Å². The van der Waals surface area contributed by atoms with Crippen molar-refractivity contribution < 1.29 is 24.6 Å². The van der Waals surface area contributed by atoms with Gasteiger partial charge in [0.05, 0.1) is 0 Å². The Bertz CT molecular complexity index is 444. The highest BCUT2D eigenvalue weighted by Gasteiger charge is 2.21. The van der Waals surface area contributed by atoms with Crippen LogP contribution in [-0.2, 0) is 14.4 Å². The predicted octanol–water partition coefficient (Wildman–Crippen LogP) is -0.609. The lowest BCUT2D eigenvalue weighted by molar-refractivity contribution is -0.141. The summed E-state index contributed by atoms with van der Waals surface area (Å²) in [5, 5.41) is 30.6. The van der Waals surface area contributed by atoms with Gasteiger partial charge >= 0.3 is 11.9 Å². The number of nitrogens with zero attached hydrogens (tertiary/aromatic N) is 1. The van der Waals surface area contributed by atoms with Gasteiger partial charge in [0.15, 0.2) is 0 Å². The number of amides is 1. The molecule has 4 N–H and O–H groups in total. The van der Waals surface area contributed by atoms with Crippen molar-refractivity contribution in [3.8, 4) is 6.07 Å². The maximum absolute atomic E-state index is 11.7. The number of carbonyl (C=O) groups excluding carboxylic acids is 1. The van der Waals surface area contributed by atoms with Crippen LogP contribution in [0.2, 0.25) is 0 Å². The van der Waals surface area contributed by atoms with Crippen LogP contribution in [0, 0.1) is 11.3 Å². The van der Waals surface area contributed by atoms with Gasteiger partial charge in [-0.3, -0.25) is 9.59 Å². The first-order valence-electron chi connectivity index (χ1n) is 5.50. The monoisotopic (exact) mass is 301 g/mol. The minimum atomic E-state index is -1.19. The molecular weight excluding hydrogens is 286 g/mol. The lowest BCUT2D eigenvalue weighted by Crippen LogP contribution is -2.42. The fourth-order valence-electron chi connectivity index (χ4n) is 1.12. The Morgan fingerprint density at radius 2 is 2.05 bits per heavy atom. The van der Waals surface area contributed by atoms with Crippen molar-refractivity contribution in [1.29, 1.82) is 5.26 Å². The first-order valence-corrected chi connectivity index (χ1v) is 6.89. The number of carboxylic acids is 2. The first-order chi connectivity index (χ1) is 9.42. The van der Waals surface area contributed by atoms with Gasteiger partial charge in [0.1, 0.15) is 24.2 Å². The van der Waals surface area contributed by atoms with Gasteiger partial charge < -0.3 is 20.8 Å². The van der Waals surface area contributed by atoms with E-state index in [4.69, 9.17) is 15.5 Å². The summed E-state index contributed by atoms with van der Waals surface area (Å²) in [7, 11) is 0. The van der Waals surface area contributed by atoms with Crippen LogP contribution >= 0.6 is 11.8 Å². The van der Waals surface area contributed by atoms with Crippen molar-refractivity contribution >= 4 is 29.6 Å². The van der Waals surface area contributed by atoms with Crippen molar-refractivity contribution in [3.63, 3.8) is 0 Å². The Kier molecular flexibility index (Phi) is 8.61. The SMILES string of the molecule is CSCCC(NC(=O)/C(C#N)=C\NCC(=O)O)C(=O)O. The van der Waals surface area contributed by atoms with E-state index >= 15 is 0 Å². The molecule has 0 saturated heterocycles. The molecule has 0 spiro atoms. The number of hydrogen-bond donors (Lipinski definition) is 4. The zero-order valence-electron chi connectivity index (χ0n) is 10.8. The molecule has 0 heterocycles. The van der Waals surface area contributed by atoms with Crippen molar-refractivity contribution in [1.82, 2.24) is 10.6 Å². The van der Waals surface area contributed by atoms with Crippen LogP contribution in [0.15, 0.2) is 11.8 Å². The summed E-state index contributed by atoms with van der Waals surface area (Å²) in [4.78, 5) is 32.9. The molecule has 0 aromatic rings. The molecule has 0 aromatic heterocycles. The Morgan fingerprint density at radius 1 is 1.40 bits per heavy atom. The van der Waals surface area contributed by atoms with Crippen molar-refractivity contribution in [2.45, 2.75) is 12.5 Å². The van der Waals surface area contributed by atoms with Crippen LogP contribution in [0.4, 0.5) is 0 Å². The summed E-state index contributed by atoms with van der Waals surface area (Å²) in [6, 6.07) is 0.480. The third kappa shape index (κ3) is 7.27. The highest BCUT2D eigenvalue weighted by Crippen LogP contribution is 2.02. The normalized spacial score (nSPS) is 12.1. The van der Waals surface area contributed by atoms with E-state index in [1.54, 1.807) is 12.3 Å². The fraction of sp³-hybridized carbons (Fsp3) is 0.455. The summed E-state index contributed by atoms with van der Waals surface area (Å²) in [5.41, 5.74) is -0.387. The predicted molar refractivity (Wildman–Crippen MR) is 71.9 cm³/mol. The van der Waals surface area contributed by atoms with E-state index < -0.39 is 30.4 Å². The van der Waals surface area contributed by atoms with Gasteiger partial charge in [0, 0.05) is 6.20 Å². The molecule has 1 amide bonds. The quantitative estimate of drug-likeness (QED) is 0.327. The number of nitrogens with one attached hydrogen (secondary N) is 2. The van der Waals surface area contributed by atoms with Gasteiger partial charge in [0.2, 0.25) is 0 Å². The Hall–Kier alpha value is -2.21. The van der Waals surface area contributed by atoms with Crippen molar-refractivity contribution in [2.24, 2.45) is 0 Å². The zero-order chi connectivity index (χ0) is 15.5. The number of nitriles is 1. The van der Waals surface area contributed by atoms with E-state index in [1.165, 1.54) is 11.8 Å². The third-order valence-corrected chi connectivity index (χ3v) is 2.72. The maximum atomic E-state index is 11.7. The Balaban J connectivity index is 4.63. The summed E-state index contributed by atoms with van der Waals surface area (Å²) >= 11 is 1.43. The minimum absolute atomic E-state index is 0.226. The van der Waals surface area contributed by atoms with Crippen LogP contribution in [0.1, 0.15) is 6.42 Å². The number of aliphatic carboxylic acids is 2. The molecule has 110 valence electrons. The molecule has 0 aromatic carbocycles. The number of thioether (sulfide) groups is 1. The van der Waals surface area contributed by atoms with Crippen LogP contribution in [0.3, 0.4) is 0 Å². The zero-order valence-corrected chi connectivity index (χ0v) is 11.6. The lowest BCUT2D eigenvalue weighted by Gasteiger charge is -2.13. The first kappa shape index (κ1) is 17.8. The average molecular weight is 301 g/mol. The van der Waals surface area contributed by atoms with Crippen LogP contribution in [0.5, 0.6) is 0 Å². The minimum Gasteiger partial charge on any atom is -0.480 e. The second kappa shape index (κ2) is 9.69. The molecule has 8 nitrogen and oxygen atoms in total. The number of rotatable bonds is 9. The molecule has 9 heteroatoms. The van der Waals surface area contributed by atoms with Crippen molar-refractivity contribution in [2.75, 3.05) is 18.6 Å². The molecule has 0 aliphatic rings. The summed E-state index contributed by atoms with van der Waals surface area (Å²) < 4.78 is 0. The van der Waals surface area contributed by atoms with Gasteiger partial charge in [-0.2, -0.15) is 17.0 Å². The van der Waals surface area contributed by atoms with Gasteiger partial charge in [-0.15, -0.1) is 0 Å². The molecule has 1 unspecified atom stereocenters.